The zero-order valence-electron chi connectivity index (χ0n) is 12.0. The first-order chi connectivity index (χ1) is 10.7. The van der Waals surface area contributed by atoms with Gasteiger partial charge in [0, 0.05) is 5.56 Å². The van der Waals surface area contributed by atoms with Gasteiger partial charge in [-0.1, -0.05) is 12.1 Å². The molecule has 4 rings (SSSR count). The van der Waals surface area contributed by atoms with Crippen molar-refractivity contribution in [1.29, 1.82) is 0 Å². The van der Waals surface area contributed by atoms with Crippen LogP contribution in [0.25, 0.3) is 5.00 Å². The number of ether oxygens (including phenoxy) is 1. The van der Waals surface area contributed by atoms with Crippen LogP contribution in [0.3, 0.4) is 0 Å². The van der Waals surface area contributed by atoms with E-state index in [1.807, 2.05) is 19.1 Å². The van der Waals surface area contributed by atoms with Crippen LogP contribution in [0.4, 0.5) is 4.39 Å². The average molecular weight is 315 g/mol. The molecule has 112 valence electrons. The molecule has 0 aliphatic carbocycles. The van der Waals surface area contributed by atoms with E-state index in [9.17, 15) is 4.39 Å². The topological polar surface area (TPSA) is 39.9 Å². The monoisotopic (exact) mass is 315 g/mol. The fraction of sp³-hybridized carbons (Fsp3) is 0.250. The predicted octanol–water partition coefficient (Wildman–Crippen LogP) is 3.40. The van der Waals surface area contributed by atoms with Gasteiger partial charge >= 0.3 is 0 Å². The Bertz CT molecular complexity index is 823. The van der Waals surface area contributed by atoms with Crippen LogP contribution in [0, 0.1) is 12.7 Å². The first kappa shape index (κ1) is 13.6. The van der Waals surface area contributed by atoms with Crippen molar-refractivity contribution in [2.45, 2.75) is 26.6 Å². The van der Waals surface area contributed by atoms with Gasteiger partial charge in [-0.25, -0.2) is 4.39 Å². The van der Waals surface area contributed by atoms with Crippen molar-refractivity contribution in [3.05, 3.63) is 63.8 Å². The Morgan fingerprint density at radius 2 is 2.05 bits per heavy atom. The van der Waals surface area contributed by atoms with Crippen LogP contribution in [-0.4, -0.2) is 14.8 Å². The smallest absolute Gasteiger partial charge is 0.164 e. The van der Waals surface area contributed by atoms with Crippen molar-refractivity contribution in [2.75, 3.05) is 0 Å². The van der Waals surface area contributed by atoms with E-state index in [1.54, 1.807) is 11.3 Å². The summed E-state index contributed by atoms with van der Waals surface area (Å²) in [4.78, 5) is 0. The molecule has 0 spiro atoms. The van der Waals surface area contributed by atoms with E-state index in [0.717, 1.165) is 28.6 Å². The molecule has 0 saturated heterocycles. The maximum absolute atomic E-state index is 13.0. The van der Waals surface area contributed by atoms with E-state index in [0.29, 0.717) is 13.2 Å². The molecule has 0 N–H and O–H groups in total. The van der Waals surface area contributed by atoms with Gasteiger partial charge in [-0.15, -0.1) is 21.5 Å². The van der Waals surface area contributed by atoms with E-state index < -0.39 is 0 Å². The molecule has 0 saturated carbocycles. The Labute approximate surface area is 131 Å². The second-order valence-electron chi connectivity index (χ2n) is 5.34. The molecular weight excluding hydrogens is 301 g/mol. The van der Waals surface area contributed by atoms with Gasteiger partial charge in [0.2, 0.25) is 0 Å². The molecule has 0 bridgehead atoms. The molecule has 0 radical (unpaired) electrons. The summed E-state index contributed by atoms with van der Waals surface area (Å²) < 4.78 is 20.8. The van der Waals surface area contributed by atoms with Crippen LogP contribution in [-0.2, 0) is 24.4 Å². The molecule has 2 aromatic heterocycles. The molecule has 0 unspecified atom stereocenters. The molecule has 1 aliphatic heterocycles. The summed E-state index contributed by atoms with van der Waals surface area (Å²) in [5.41, 5.74) is 3.48. The Morgan fingerprint density at radius 1 is 1.23 bits per heavy atom. The molecular formula is C16H14FN3OS. The van der Waals surface area contributed by atoms with E-state index >= 15 is 0 Å². The quantitative estimate of drug-likeness (QED) is 0.728. The van der Waals surface area contributed by atoms with Gasteiger partial charge in [-0.05, 0) is 42.0 Å². The highest BCUT2D eigenvalue weighted by atomic mass is 32.1. The normalized spacial score (nSPS) is 13.5. The number of thiophene rings is 1. The lowest BCUT2D eigenvalue weighted by Crippen LogP contribution is -2.00. The lowest BCUT2D eigenvalue weighted by molar-refractivity contribution is 0.104. The van der Waals surface area contributed by atoms with Crippen molar-refractivity contribution in [3.8, 4) is 5.00 Å². The van der Waals surface area contributed by atoms with Gasteiger partial charge in [0.25, 0.3) is 0 Å². The summed E-state index contributed by atoms with van der Waals surface area (Å²) in [6.07, 6.45) is 0.770. The lowest BCUT2D eigenvalue weighted by atomic mass is 10.0. The number of aryl methyl sites for hydroxylation is 1. The Balaban J connectivity index is 1.74. The average Bonchev–Trinajstić information content (AvgIpc) is 3.00. The minimum atomic E-state index is -0.207. The van der Waals surface area contributed by atoms with Gasteiger partial charge in [0.1, 0.15) is 23.2 Å². The number of halogens is 1. The molecule has 3 heterocycles. The Kier molecular flexibility index (Phi) is 3.28. The summed E-state index contributed by atoms with van der Waals surface area (Å²) >= 11 is 1.68. The number of fused-ring (bicyclic) bond motifs is 3. The second-order valence-corrected chi connectivity index (χ2v) is 6.20. The van der Waals surface area contributed by atoms with E-state index in [4.69, 9.17) is 4.74 Å². The number of hydrogen-bond acceptors (Lipinski definition) is 4. The van der Waals surface area contributed by atoms with Crippen LogP contribution >= 0.6 is 11.3 Å². The number of hydrogen-bond donors (Lipinski definition) is 0. The van der Waals surface area contributed by atoms with E-state index in [1.165, 1.54) is 23.3 Å². The van der Waals surface area contributed by atoms with Gasteiger partial charge in [0.15, 0.2) is 5.82 Å². The summed E-state index contributed by atoms with van der Waals surface area (Å²) in [5.74, 6) is 1.50. The lowest BCUT2D eigenvalue weighted by Gasteiger charge is -2.06. The van der Waals surface area contributed by atoms with Crippen LogP contribution in [0.1, 0.15) is 28.3 Å². The Hall–Kier alpha value is -2.05. The summed E-state index contributed by atoms with van der Waals surface area (Å²) in [5, 5.41) is 11.6. The van der Waals surface area contributed by atoms with Crippen LogP contribution < -0.4 is 0 Å². The minimum absolute atomic E-state index is 0.207. The molecule has 22 heavy (non-hydrogen) atoms. The Morgan fingerprint density at radius 3 is 2.86 bits per heavy atom. The number of benzene rings is 1. The van der Waals surface area contributed by atoms with Crippen molar-refractivity contribution in [2.24, 2.45) is 0 Å². The zero-order valence-corrected chi connectivity index (χ0v) is 12.9. The fourth-order valence-corrected chi connectivity index (χ4v) is 3.88. The summed E-state index contributed by atoms with van der Waals surface area (Å²) in [6, 6.07) is 6.65. The fourth-order valence-electron chi connectivity index (χ4n) is 2.73. The van der Waals surface area contributed by atoms with Crippen molar-refractivity contribution < 1.29 is 9.13 Å². The first-order valence-electron chi connectivity index (χ1n) is 7.05. The maximum Gasteiger partial charge on any atom is 0.164 e. The van der Waals surface area contributed by atoms with Gasteiger partial charge in [0.05, 0.1) is 6.61 Å². The molecule has 1 aromatic carbocycles. The van der Waals surface area contributed by atoms with Gasteiger partial charge < -0.3 is 4.74 Å². The van der Waals surface area contributed by atoms with Gasteiger partial charge in [-0.3, -0.25) is 4.57 Å². The van der Waals surface area contributed by atoms with Crippen molar-refractivity contribution in [3.63, 3.8) is 0 Å². The molecule has 6 heteroatoms. The first-order valence-corrected chi connectivity index (χ1v) is 7.93. The molecule has 0 amide bonds. The number of aromatic nitrogens is 3. The highest BCUT2D eigenvalue weighted by Crippen LogP contribution is 2.33. The number of nitrogens with zero attached hydrogens (tertiary/aromatic N) is 3. The van der Waals surface area contributed by atoms with E-state index in [-0.39, 0.29) is 5.82 Å². The van der Waals surface area contributed by atoms with Crippen LogP contribution in [0.5, 0.6) is 0 Å². The summed E-state index contributed by atoms with van der Waals surface area (Å²) in [7, 11) is 0. The van der Waals surface area contributed by atoms with Gasteiger partial charge in [-0.2, -0.15) is 0 Å². The maximum atomic E-state index is 13.0. The highest BCUT2D eigenvalue weighted by molar-refractivity contribution is 7.12. The minimum Gasteiger partial charge on any atom is -0.369 e. The molecule has 1 aliphatic rings. The predicted molar refractivity (Wildman–Crippen MR) is 81.7 cm³/mol. The molecule has 0 fully saturated rings. The standard InChI is InChI=1S/C16H14FN3OS/c1-10-18-19-15-8-21-7-14-12(9-22-16(14)20(10)15)6-11-2-4-13(17)5-3-11/h2-5,9H,6-8H2,1H3. The third-order valence-corrected chi connectivity index (χ3v) is 4.89. The second kappa shape index (κ2) is 5.30. The third kappa shape index (κ3) is 2.24. The molecule has 0 atom stereocenters. The SMILES string of the molecule is Cc1nnc2n1-c1scc(Cc3ccc(F)cc3)c1COC2. The molecule has 4 nitrogen and oxygen atoms in total. The van der Waals surface area contributed by atoms with E-state index in [2.05, 4.69) is 20.1 Å². The van der Waals surface area contributed by atoms with Crippen molar-refractivity contribution in [1.82, 2.24) is 14.8 Å². The zero-order chi connectivity index (χ0) is 15.1. The number of rotatable bonds is 2. The van der Waals surface area contributed by atoms with Crippen LogP contribution in [0.2, 0.25) is 0 Å². The molecule has 3 aromatic rings. The van der Waals surface area contributed by atoms with Crippen molar-refractivity contribution >= 4 is 11.3 Å². The largest absolute Gasteiger partial charge is 0.369 e. The highest BCUT2D eigenvalue weighted by Gasteiger charge is 2.22. The third-order valence-electron chi connectivity index (χ3n) is 3.84. The van der Waals surface area contributed by atoms with Crippen LogP contribution in [0.15, 0.2) is 29.6 Å². The summed E-state index contributed by atoms with van der Waals surface area (Å²) in [6.45, 7) is 2.99.